The molecule has 2 aliphatic heterocycles. The minimum Gasteiger partial charge on any atom is -0.364 e. The number of nitrogens with zero attached hydrogens (tertiary/aromatic N) is 4. The second-order valence-electron chi connectivity index (χ2n) is 8.44. The maximum Gasteiger partial charge on any atom is 0.401 e. The zero-order chi connectivity index (χ0) is 19.6. The van der Waals surface area contributed by atoms with Crippen molar-refractivity contribution in [1.82, 2.24) is 19.8 Å². The normalized spacial score (nSPS) is 29.9. The molecule has 2 aromatic rings. The number of anilines is 1. The van der Waals surface area contributed by atoms with Gasteiger partial charge in [0, 0.05) is 23.0 Å². The van der Waals surface area contributed by atoms with Gasteiger partial charge >= 0.3 is 6.18 Å². The molecule has 2 saturated heterocycles. The number of aryl methyl sites for hydroxylation is 2. The fourth-order valence-electron chi connectivity index (χ4n) is 5.28. The average Bonchev–Trinajstić information content (AvgIpc) is 3.21. The summed E-state index contributed by atoms with van der Waals surface area (Å²) in [6, 6.07) is 0.0934. The molecule has 4 aliphatic rings. The lowest BCUT2D eigenvalue weighted by Gasteiger charge is -2.61. The van der Waals surface area contributed by atoms with Crippen molar-refractivity contribution in [3.05, 3.63) is 16.8 Å². The molecule has 3 fully saturated rings. The van der Waals surface area contributed by atoms with Gasteiger partial charge in [0.05, 0.1) is 18.0 Å². The molecular formula is C19H24F3N5S. The van der Waals surface area contributed by atoms with Gasteiger partial charge < -0.3 is 10.2 Å². The van der Waals surface area contributed by atoms with Crippen molar-refractivity contribution in [3.8, 4) is 0 Å². The van der Waals surface area contributed by atoms with Crippen LogP contribution >= 0.6 is 11.3 Å². The van der Waals surface area contributed by atoms with E-state index < -0.39 is 12.7 Å². The van der Waals surface area contributed by atoms with Gasteiger partial charge in [-0.1, -0.05) is 0 Å². The van der Waals surface area contributed by atoms with Gasteiger partial charge in [0.25, 0.3) is 0 Å². The number of halogens is 3. The maximum atomic E-state index is 13.1. The first-order valence-corrected chi connectivity index (χ1v) is 10.6. The van der Waals surface area contributed by atoms with Crippen molar-refractivity contribution in [2.45, 2.75) is 62.4 Å². The first kappa shape index (κ1) is 18.6. The zero-order valence-electron chi connectivity index (χ0n) is 16.0. The van der Waals surface area contributed by atoms with Crippen LogP contribution in [0, 0.1) is 0 Å². The largest absolute Gasteiger partial charge is 0.401 e. The predicted octanol–water partition coefficient (Wildman–Crippen LogP) is 3.30. The highest BCUT2D eigenvalue weighted by Gasteiger charge is 2.56. The quantitative estimate of drug-likeness (QED) is 0.837. The third-order valence-corrected chi connectivity index (χ3v) is 7.80. The predicted molar refractivity (Wildman–Crippen MR) is 104 cm³/mol. The van der Waals surface area contributed by atoms with Crippen LogP contribution in [0.5, 0.6) is 0 Å². The van der Waals surface area contributed by atoms with E-state index in [-0.39, 0.29) is 18.1 Å². The summed E-state index contributed by atoms with van der Waals surface area (Å²) < 4.78 is 39.2. The second-order valence-corrected chi connectivity index (χ2v) is 9.52. The number of hydrogen-bond acceptors (Lipinski definition) is 6. The third-order valence-electron chi connectivity index (χ3n) is 6.61. The topological polar surface area (TPSA) is 44.3 Å². The van der Waals surface area contributed by atoms with Gasteiger partial charge in [0.15, 0.2) is 0 Å². The van der Waals surface area contributed by atoms with E-state index in [2.05, 4.69) is 20.2 Å². The molecule has 9 heteroatoms. The molecule has 1 N–H and O–H groups in total. The Bertz CT molecular complexity index is 882. The maximum absolute atomic E-state index is 13.1. The standard InChI is InChI=1S/C19H24F3N5S/c1-26(2)10-6-12-16(13(7-10)27(12)8-19(20,21)22)25-17-15-11-4-3-5-14(11)28-18(15)24-9-23-17/h9-10,12-13,16H,3-8H2,1-2H3,(H,23,24,25)/t10-,12-,13+,16-. The molecule has 0 radical (unpaired) electrons. The number of alkyl halides is 3. The first-order chi connectivity index (χ1) is 13.3. The monoisotopic (exact) mass is 411 g/mol. The Morgan fingerprint density at radius 3 is 2.64 bits per heavy atom. The lowest BCUT2D eigenvalue weighted by molar-refractivity contribution is -0.189. The molecular weight excluding hydrogens is 387 g/mol. The van der Waals surface area contributed by atoms with Gasteiger partial charge in [-0.25, -0.2) is 9.97 Å². The first-order valence-electron chi connectivity index (χ1n) is 9.82. The second kappa shape index (κ2) is 6.53. The molecule has 0 spiro atoms. The Balaban J connectivity index is 1.42. The Kier molecular flexibility index (Phi) is 4.33. The van der Waals surface area contributed by atoms with Gasteiger partial charge in [0.1, 0.15) is 17.0 Å². The summed E-state index contributed by atoms with van der Waals surface area (Å²) >= 11 is 1.73. The van der Waals surface area contributed by atoms with Crippen LogP contribution in [0.15, 0.2) is 6.33 Å². The van der Waals surface area contributed by atoms with Gasteiger partial charge in [-0.15, -0.1) is 11.3 Å². The SMILES string of the molecule is CN(C)[C@@H]1C[C@@H]2[C@@H](Nc3ncnc4sc5c(c34)CCC5)[C@H](C1)N2CC(F)(F)F. The minimum absolute atomic E-state index is 0.00797. The van der Waals surface area contributed by atoms with E-state index >= 15 is 0 Å². The molecule has 2 aliphatic carbocycles. The van der Waals surface area contributed by atoms with Gasteiger partial charge in [-0.2, -0.15) is 13.2 Å². The molecule has 5 nitrogen and oxygen atoms in total. The molecule has 28 heavy (non-hydrogen) atoms. The summed E-state index contributed by atoms with van der Waals surface area (Å²) in [5.74, 6) is 0.805. The molecule has 0 aromatic carbocycles. The molecule has 6 rings (SSSR count). The fourth-order valence-corrected chi connectivity index (χ4v) is 6.51. The fraction of sp³-hybridized carbons (Fsp3) is 0.684. The summed E-state index contributed by atoms with van der Waals surface area (Å²) in [6.07, 6.45) is 2.18. The molecule has 2 aromatic heterocycles. The van der Waals surface area contributed by atoms with Gasteiger partial charge in [-0.05, 0) is 51.8 Å². The molecule has 152 valence electrons. The Morgan fingerprint density at radius 2 is 1.96 bits per heavy atom. The summed E-state index contributed by atoms with van der Waals surface area (Å²) in [6.45, 7) is -0.826. The van der Waals surface area contributed by atoms with Crippen LogP contribution in [0.25, 0.3) is 10.2 Å². The van der Waals surface area contributed by atoms with Crippen LogP contribution in [0.2, 0.25) is 0 Å². The van der Waals surface area contributed by atoms with E-state index in [1.165, 1.54) is 10.4 Å². The number of piperidine rings is 1. The smallest absolute Gasteiger partial charge is 0.364 e. The van der Waals surface area contributed by atoms with Gasteiger partial charge in [-0.3, -0.25) is 4.90 Å². The van der Waals surface area contributed by atoms with Crippen LogP contribution in [0.1, 0.15) is 29.7 Å². The van der Waals surface area contributed by atoms with Crippen LogP contribution in [-0.2, 0) is 12.8 Å². The molecule has 4 heterocycles. The Hall–Kier alpha value is -1.45. The zero-order valence-corrected chi connectivity index (χ0v) is 16.8. The van der Waals surface area contributed by atoms with Crippen molar-refractivity contribution in [3.63, 3.8) is 0 Å². The van der Waals surface area contributed by atoms with E-state index in [1.54, 1.807) is 22.6 Å². The molecule has 0 unspecified atom stereocenters. The average molecular weight is 411 g/mol. The minimum atomic E-state index is -4.16. The van der Waals surface area contributed by atoms with Crippen LogP contribution in [-0.4, -0.2) is 70.8 Å². The van der Waals surface area contributed by atoms with E-state index in [4.69, 9.17) is 0 Å². The Morgan fingerprint density at radius 1 is 1.21 bits per heavy atom. The number of rotatable bonds is 4. The summed E-state index contributed by atoms with van der Waals surface area (Å²) in [4.78, 5) is 15.1. The lowest BCUT2D eigenvalue weighted by Crippen LogP contribution is -2.76. The van der Waals surface area contributed by atoms with Crippen LogP contribution in [0.3, 0.4) is 0 Å². The van der Waals surface area contributed by atoms with Crippen molar-refractivity contribution < 1.29 is 13.2 Å². The summed E-state index contributed by atoms with van der Waals surface area (Å²) in [7, 11) is 4.02. The summed E-state index contributed by atoms with van der Waals surface area (Å²) in [5.41, 5.74) is 1.34. The van der Waals surface area contributed by atoms with Crippen LogP contribution in [0.4, 0.5) is 19.0 Å². The van der Waals surface area contributed by atoms with E-state index in [9.17, 15) is 13.2 Å². The van der Waals surface area contributed by atoms with Crippen molar-refractivity contribution in [2.24, 2.45) is 0 Å². The lowest BCUT2D eigenvalue weighted by atomic mass is 9.72. The van der Waals surface area contributed by atoms with Crippen molar-refractivity contribution >= 4 is 27.4 Å². The van der Waals surface area contributed by atoms with E-state index in [0.717, 1.165) is 48.1 Å². The highest BCUT2D eigenvalue weighted by Crippen LogP contribution is 2.45. The number of nitrogens with one attached hydrogen (secondary N) is 1. The van der Waals surface area contributed by atoms with E-state index in [1.807, 2.05) is 14.1 Å². The molecule has 0 amide bonds. The summed E-state index contributed by atoms with van der Waals surface area (Å²) in [5, 5.41) is 4.64. The molecule has 1 saturated carbocycles. The molecule has 2 bridgehead atoms. The Labute approximate surface area is 165 Å². The van der Waals surface area contributed by atoms with E-state index in [0.29, 0.717) is 6.04 Å². The van der Waals surface area contributed by atoms with Crippen molar-refractivity contribution in [1.29, 1.82) is 0 Å². The highest BCUT2D eigenvalue weighted by molar-refractivity contribution is 7.19. The number of thiophene rings is 1. The van der Waals surface area contributed by atoms with Crippen molar-refractivity contribution in [2.75, 3.05) is 26.0 Å². The number of fused-ring (bicyclic) bond motifs is 5. The molecule has 4 atom stereocenters. The number of aromatic nitrogens is 2. The highest BCUT2D eigenvalue weighted by atomic mass is 32.1. The van der Waals surface area contributed by atoms with Gasteiger partial charge in [0.2, 0.25) is 0 Å². The third kappa shape index (κ3) is 2.98. The van der Waals surface area contributed by atoms with Crippen LogP contribution < -0.4 is 5.32 Å². The number of hydrogen-bond donors (Lipinski definition) is 1.